The van der Waals surface area contributed by atoms with E-state index in [0.29, 0.717) is 17.1 Å². The quantitative estimate of drug-likeness (QED) is 0.785. The number of ketones is 1. The Hall–Kier alpha value is -2.45. The van der Waals surface area contributed by atoms with E-state index >= 15 is 0 Å². The van der Waals surface area contributed by atoms with Gasteiger partial charge in [-0.2, -0.15) is 5.10 Å². The number of anilines is 1. The highest BCUT2D eigenvalue weighted by Crippen LogP contribution is 2.36. The van der Waals surface area contributed by atoms with E-state index in [-0.39, 0.29) is 18.2 Å². The molecule has 1 saturated heterocycles. The molecular weight excluding hydrogens is 369 g/mol. The minimum Gasteiger partial charge on any atom is -0.399 e. The number of benzene rings is 1. The molecule has 154 valence electrons. The molecule has 7 nitrogen and oxygen atoms in total. The van der Waals surface area contributed by atoms with Crippen molar-refractivity contribution >= 4 is 30.0 Å². The molecule has 0 saturated carbocycles. The van der Waals surface area contributed by atoms with Crippen molar-refractivity contribution in [1.82, 2.24) is 9.78 Å². The normalized spacial score (nSPS) is 17.4. The summed E-state index contributed by atoms with van der Waals surface area (Å²) in [4.78, 5) is 24.2. The lowest BCUT2D eigenvalue weighted by Gasteiger charge is -2.32. The maximum absolute atomic E-state index is 12.8. The van der Waals surface area contributed by atoms with Crippen LogP contribution in [0.3, 0.4) is 0 Å². The van der Waals surface area contributed by atoms with E-state index in [0.717, 1.165) is 11.0 Å². The smallest absolute Gasteiger partial charge is 0.399 e. The highest BCUT2D eigenvalue weighted by Gasteiger charge is 2.51. The number of hydrogen-bond donors (Lipinski definition) is 1. The van der Waals surface area contributed by atoms with E-state index in [1.165, 1.54) is 11.6 Å². The summed E-state index contributed by atoms with van der Waals surface area (Å²) in [5.41, 5.74) is 2.69. The zero-order valence-electron chi connectivity index (χ0n) is 18.1. The van der Waals surface area contributed by atoms with E-state index in [2.05, 4.69) is 10.4 Å². The van der Waals surface area contributed by atoms with E-state index in [1.807, 2.05) is 52.8 Å². The summed E-state index contributed by atoms with van der Waals surface area (Å²) in [5.74, 6) is -0.372. The summed E-state index contributed by atoms with van der Waals surface area (Å²) in [5, 5.41) is 7.14. The lowest BCUT2D eigenvalue weighted by Crippen LogP contribution is -2.41. The fraction of sp³-hybridized carbons (Fsp3) is 0.476. The van der Waals surface area contributed by atoms with Gasteiger partial charge in [0.25, 0.3) is 5.91 Å². The summed E-state index contributed by atoms with van der Waals surface area (Å²) in [7, 11) is -0.455. The Morgan fingerprint density at radius 3 is 2.28 bits per heavy atom. The highest BCUT2D eigenvalue weighted by atomic mass is 16.7. The van der Waals surface area contributed by atoms with Gasteiger partial charge in [0, 0.05) is 5.69 Å². The first kappa shape index (κ1) is 21.3. The Morgan fingerprint density at radius 1 is 1.10 bits per heavy atom. The van der Waals surface area contributed by atoms with Crippen molar-refractivity contribution < 1.29 is 18.9 Å². The number of Topliss-reactive ketones (excluding diaryl/α,β-unsaturated/α-hetero) is 1. The van der Waals surface area contributed by atoms with Crippen molar-refractivity contribution in [2.24, 2.45) is 0 Å². The van der Waals surface area contributed by atoms with Gasteiger partial charge in [0.05, 0.1) is 16.9 Å². The van der Waals surface area contributed by atoms with Crippen LogP contribution in [0, 0.1) is 13.8 Å². The number of carbonyl (C=O) groups is 2. The summed E-state index contributed by atoms with van der Waals surface area (Å²) in [6.07, 6.45) is 0. The third-order valence-corrected chi connectivity index (χ3v) is 5.53. The number of aromatic nitrogens is 2. The fourth-order valence-corrected chi connectivity index (χ4v) is 3.20. The molecule has 1 aliphatic rings. The minimum atomic E-state index is -0.455. The van der Waals surface area contributed by atoms with E-state index in [9.17, 15) is 9.59 Å². The van der Waals surface area contributed by atoms with Gasteiger partial charge in [-0.3, -0.25) is 14.3 Å². The molecule has 1 amide bonds. The van der Waals surface area contributed by atoms with Crippen LogP contribution in [0.2, 0.25) is 0 Å². The molecule has 1 aromatic carbocycles. The number of amides is 1. The predicted molar refractivity (Wildman–Crippen MR) is 112 cm³/mol. The largest absolute Gasteiger partial charge is 0.494 e. The second kappa shape index (κ2) is 7.42. The molecule has 3 rings (SSSR count). The van der Waals surface area contributed by atoms with Crippen LogP contribution >= 0.6 is 0 Å². The summed E-state index contributed by atoms with van der Waals surface area (Å²) in [6, 6.07) is 7.36. The molecule has 1 fully saturated rings. The van der Waals surface area contributed by atoms with Gasteiger partial charge in [0.1, 0.15) is 12.2 Å². The van der Waals surface area contributed by atoms with Gasteiger partial charge in [0.15, 0.2) is 5.78 Å². The summed E-state index contributed by atoms with van der Waals surface area (Å²) < 4.78 is 13.6. The topological polar surface area (TPSA) is 82.5 Å². The zero-order chi connectivity index (χ0) is 21.6. The Labute approximate surface area is 171 Å². The van der Waals surface area contributed by atoms with Crippen molar-refractivity contribution in [2.75, 3.05) is 5.32 Å². The van der Waals surface area contributed by atoms with Crippen LogP contribution in [0.15, 0.2) is 24.3 Å². The van der Waals surface area contributed by atoms with Gasteiger partial charge in [-0.15, -0.1) is 0 Å². The number of aryl methyl sites for hydroxylation is 2. The average Bonchev–Trinajstić information content (AvgIpc) is 3.04. The van der Waals surface area contributed by atoms with Crippen LogP contribution in [0.5, 0.6) is 0 Å². The molecular formula is C21H28BN3O4. The van der Waals surface area contributed by atoms with Crippen LogP contribution in [-0.4, -0.2) is 39.8 Å². The Balaban J connectivity index is 1.79. The first-order valence-corrected chi connectivity index (χ1v) is 9.71. The molecule has 1 aliphatic heterocycles. The SMILES string of the molecule is CC(=O)Cn1nc(C)cc1C(=O)Nc1ccc(B2OC(C)(C)C(C)(C)O2)cc1C. The standard InChI is InChI=1S/C21H28BN3O4/c1-13-10-16(22-28-20(4,5)21(6,7)29-22)8-9-17(13)23-19(27)18-11-14(2)24-25(18)12-15(3)26/h8-11H,12H2,1-7H3,(H,23,27). The molecule has 1 N–H and O–H groups in total. The number of carbonyl (C=O) groups excluding carboxylic acids is 2. The van der Waals surface area contributed by atoms with Gasteiger partial charge in [0.2, 0.25) is 0 Å². The first-order chi connectivity index (χ1) is 13.4. The zero-order valence-corrected chi connectivity index (χ0v) is 18.1. The van der Waals surface area contributed by atoms with Crippen molar-refractivity contribution in [3.05, 3.63) is 41.2 Å². The van der Waals surface area contributed by atoms with Crippen LogP contribution in [0.1, 0.15) is 56.4 Å². The molecule has 0 unspecified atom stereocenters. The monoisotopic (exact) mass is 397 g/mol. The molecule has 0 radical (unpaired) electrons. The Kier molecular flexibility index (Phi) is 5.45. The van der Waals surface area contributed by atoms with E-state index in [4.69, 9.17) is 9.31 Å². The van der Waals surface area contributed by atoms with Gasteiger partial charge in [-0.25, -0.2) is 0 Å². The van der Waals surface area contributed by atoms with Gasteiger partial charge in [-0.1, -0.05) is 12.1 Å². The van der Waals surface area contributed by atoms with Crippen LogP contribution in [0.4, 0.5) is 5.69 Å². The Bertz CT molecular complexity index is 949. The predicted octanol–water partition coefficient (Wildman–Crippen LogP) is 2.64. The second-order valence-electron chi connectivity index (χ2n) is 8.65. The minimum absolute atomic E-state index is 0.0647. The third-order valence-electron chi connectivity index (χ3n) is 5.53. The molecule has 2 aromatic rings. The molecule has 0 bridgehead atoms. The average molecular weight is 397 g/mol. The molecule has 2 heterocycles. The maximum atomic E-state index is 12.8. The van der Waals surface area contributed by atoms with Gasteiger partial charge in [-0.05, 0) is 71.6 Å². The number of nitrogens with one attached hydrogen (secondary N) is 1. The lowest BCUT2D eigenvalue weighted by atomic mass is 9.78. The molecule has 8 heteroatoms. The van der Waals surface area contributed by atoms with Gasteiger partial charge < -0.3 is 14.6 Å². The molecule has 0 aliphatic carbocycles. The highest BCUT2D eigenvalue weighted by molar-refractivity contribution is 6.62. The number of rotatable bonds is 5. The van der Waals surface area contributed by atoms with E-state index < -0.39 is 18.3 Å². The van der Waals surface area contributed by atoms with Gasteiger partial charge >= 0.3 is 7.12 Å². The van der Waals surface area contributed by atoms with Crippen LogP contribution in [0.25, 0.3) is 0 Å². The summed E-state index contributed by atoms with van der Waals surface area (Å²) in [6.45, 7) is 13.3. The third kappa shape index (κ3) is 4.28. The molecule has 1 aromatic heterocycles. The van der Waals surface area contributed by atoms with Crippen LogP contribution < -0.4 is 10.8 Å². The maximum Gasteiger partial charge on any atom is 0.494 e. The first-order valence-electron chi connectivity index (χ1n) is 9.71. The Morgan fingerprint density at radius 2 is 1.72 bits per heavy atom. The molecule has 0 atom stereocenters. The lowest BCUT2D eigenvalue weighted by molar-refractivity contribution is -0.117. The van der Waals surface area contributed by atoms with E-state index in [1.54, 1.807) is 13.0 Å². The molecule has 0 spiro atoms. The fourth-order valence-electron chi connectivity index (χ4n) is 3.20. The number of hydrogen-bond acceptors (Lipinski definition) is 5. The van der Waals surface area contributed by atoms with Crippen molar-refractivity contribution in [3.63, 3.8) is 0 Å². The number of nitrogens with zero attached hydrogens (tertiary/aromatic N) is 2. The summed E-state index contributed by atoms with van der Waals surface area (Å²) >= 11 is 0. The van der Waals surface area contributed by atoms with Crippen molar-refractivity contribution in [1.29, 1.82) is 0 Å². The molecule has 29 heavy (non-hydrogen) atoms. The van der Waals surface area contributed by atoms with Crippen molar-refractivity contribution in [3.8, 4) is 0 Å². The van der Waals surface area contributed by atoms with Crippen molar-refractivity contribution in [2.45, 2.75) is 66.2 Å². The second-order valence-corrected chi connectivity index (χ2v) is 8.65. The van der Waals surface area contributed by atoms with Crippen LogP contribution in [-0.2, 0) is 20.6 Å².